The van der Waals surface area contributed by atoms with E-state index in [0.29, 0.717) is 5.88 Å². The molecule has 0 saturated heterocycles. The third-order valence-electron chi connectivity index (χ3n) is 3.01. The van der Waals surface area contributed by atoms with Gasteiger partial charge in [-0.1, -0.05) is 49.1 Å². The number of hydrogen-bond donors (Lipinski definition) is 0. The van der Waals surface area contributed by atoms with E-state index in [9.17, 15) is 0 Å². The molecule has 1 aromatic carbocycles. The van der Waals surface area contributed by atoms with Crippen LogP contribution in [-0.4, -0.2) is 18.0 Å². The van der Waals surface area contributed by atoms with Crippen LogP contribution in [0.2, 0.25) is 0 Å². The molecule has 0 bridgehead atoms. The van der Waals surface area contributed by atoms with Crippen molar-refractivity contribution in [2.45, 2.75) is 40.1 Å². The van der Waals surface area contributed by atoms with E-state index in [1.165, 1.54) is 11.1 Å². The standard InChI is InChI=1S/C19H26ClN/c1-5-21(13-8-6-7-12-19(2,3)4)16-18-11-9-10-17(14-18)15-20/h6,8-11,14H,5,13,15-16H2,1-4H3/b8-6+. The summed E-state index contributed by atoms with van der Waals surface area (Å²) in [7, 11) is 0. The van der Waals surface area contributed by atoms with Crippen LogP contribution in [0.3, 0.4) is 0 Å². The van der Waals surface area contributed by atoms with Crippen LogP contribution in [0.25, 0.3) is 0 Å². The fourth-order valence-corrected chi connectivity index (χ4v) is 2.06. The second-order valence-corrected chi connectivity index (χ2v) is 6.47. The SMILES string of the molecule is CCN(C/C=C/C#CC(C)(C)C)Cc1cccc(CCl)c1. The van der Waals surface area contributed by atoms with Crippen molar-refractivity contribution in [1.29, 1.82) is 0 Å². The number of nitrogens with zero attached hydrogens (tertiary/aromatic N) is 1. The van der Waals surface area contributed by atoms with Crippen molar-refractivity contribution < 1.29 is 0 Å². The Bertz CT molecular complexity index is 514. The number of alkyl halides is 1. The maximum absolute atomic E-state index is 5.88. The van der Waals surface area contributed by atoms with Gasteiger partial charge in [0.1, 0.15) is 0 Å². The van der Waals surface area contributed by atoms with Gasteiger partial charge in [0, 0.05) is 24.4 Å². The summed E-state index contributed by atoms with van der Waals surface area (Å²) < 4.78 is 0. The lowest BCUT2D eigenvalue weighted by Gasteiger charge is -2.18. The molecule has 1 nitrogen and oxygen atoms in total. The number of benzene rings is 1. The van der Waals surface area contributed by atoms with Crippen LogP contribution in [0, 0.1) is 17.3 Å². The van der Waals surface area contributed by atoms with E-state index < -0.39 is 0 Å². The first kappa shape index (κ1) is 17.8. The molecule has 0 aromatic heterocycles. The Kier molecular flexibility index (Phi) is 7.57. The highest BCUT2D eigenvalue weighted by atomic mass is 35.5. The molecule has 1 rings (SSSR count). The summed E-state index contributed by atoms with van der Waals surface area (Å²) in [6, 6.07) is 8.47. The predicted octanol–water partition coefficient (Wildman–Crippen LogP) is 4.85. The van der Waals surface area contributed by atoms with Gasteiger partial charge in [0.25, 0.3) is 0 Å². The van der Waals surface area contributed by atoms with E-state index >= 15 is 0 Å². The molecule has 0 amide bonds. The zero-order chi connectivity index (χ0) is 15.7. The molecule has 0 spiro atoms. The van der Waals surface area contributed by atoms with Gasteiger partial charge in [-0.2, -0.15) is 0 Å². The number of likely N-dealkylation sites (N-methyl/N-ethyl adjacent to an activating group) is 1. The van der Waals surface area contributed by atoms with Crippen molar-refractivity contribution in [2.75, 3.05) is 13.1 Å². The lowest BCUT2D eigenvalue weighted by Crippen LogP contribution is -2.22. The van der Waals surface area contributed by atoms with Gasteiger partial charge in [-0.25, -0.2) is 0 Å². The minimum atomic E-state index is 0.0663. The Hall–Kier alpha value is -1.23. The van der Waals surface area contributed by atoms with Crippen LogP contribution in [0.1, 0.15) is 38.8 Å². The molecule has 0 fully saturated rings. The fraction of sp³-hybridized carbons (Fsp3) is 0.474. The van der Waals surface area contributed by atoms with Crippen molar-refractivity contribution >= 4 is 11.6 Å². The highest BCUT2D eigenvalue weighted by Gasteiger charge is 2.03. The highest BCUT2D eigenvalue weighted by molar-refractivity contribution is 6.17. The number of allylic oxidation sites excluding steroid dienone is 1. The van der Waals surface area contributed by atoms with Crippen LogP contribution in [0.15, 0.2) is 36.4 Å². The molecule has 0 unspecified atom stereocenters. The molecule has 0 aliphatic carbocycles. The topological polar surface area (TPSA) is 3.24 Å². The average molecular weight is 304 g/mol. The molecule has 114 valence electrons. The Morgan fingerprint density at radius 2 is 1.95 bits per heavy atom. The lowest BCUT2D eigenvalue weighted by atomic mass is 9.98. The first-order chi connectivity index (χ1) is 9.94. The van der Waals surface area contributed by atoms with Crippen molar-refractivity contribution in [3.8, 4) is 11.8 Å². The predicted molar refractivity (Wildman–Crippen MR) is 93.3 cm³/mol. The van der Waals surface area contributed by atoms with E-state index in [1.807, 2.05) is 6.08 Å². The Labute approximate surface area is 135 Å². The molecule has 21 heavy (non-hydrogen) atoms. The maximum atomic E-state index is 5.88. The van der Waals surface area contributed by atoms with E-state index in [1.54, 1.807) is 0 Å². The molecule has 0 N–H and O–H groups in total. The summed E-state index contributed by atoms with van der Waals surface area (Å²) >= 11 is 5.88. The molecule has 0 radical (unpaired) electrons. The summed E-state index contributed by atoms with van der Waals surface area (Å²) in [6.07, 6.45) is 4.09. The molecule has 0 aliphatic rings. The smallest absolute Gasteiger partial charge is 0.0474 e. The van der Waals surface area contributed by atoms with E-state index in [4.69, 9.17) is 11.6 Å². The molecule has 0 heterocycles. The van der Waals surface area contributed by atoms with Crippen LogP contribution in [0.4, 0.5) is 0 Å². The van der Waals surface area contributed by atoms with Gasteiger partial charge >= 0.3 is 0 Å². The van der Waals surface area contributed by atoms with Crippen LogP contribution < -0.4 is 0 Å². The number of halogens is 1. The van der Waals surface area contributed by atoms with Gasteiger partial charge in [0.15, 0.2) is 0 Å². The zero-order valence-electron chi connectivity index (χ0n) is 13.6. The minimum absolute atomic E-state index is 0.0663. The second kappa shape index (κ2) is 8.93. The summed E-state index contributed by atoms with van der Waals surface area (Å²) in [4.78, 5) is 2.38. The summed E-state index contributed by atoms with van der Waals surface area (Å²) in [5, 5.41) is 0. The lowest BCUT2D eigenvalue weighted by molar-refractivity contribution is 0.311. The van der Waals surface area contributed by atoms with E-state index in [-0.39, 0.29) is 5.41 Å². The first-order valence-corrected chi connectivity index (χ1v) is 8.02. The minimum Gasteiger partial charge on any atom is -0.296 e. The molecular weight excluding hydrogens is 278 g/mol. The van der Waals surface area contributed by atoms with E-state index in [0.717, 1.165) is 19.6 Å². The average Bonchev–Trinajstić information content (AvgIpc) is 2.44. The first-order valence-electron chi connectivity index (χ1n) is 7.48. The van der Waals surface area contributed by atoms with Crippen molar-refractivity contribution in [3.63, 3.8) is 0 Å². The largest absolute Gasteiger partial charge is 0.296 e. The molecular formula is C19H26ClN. The van der Waals surface area contributed by atoms with Gasteiger partial charge < -0.3 is 0 Å². The monoisotopic (exact) mass is 303 g/mol. The van der Waals surface area contributed by atoms with E-state index in [2.05, 4.69) is 74.8 Å². The fourth-order valence-electron chi connectivity index (χ4n) is 1.89. The van der Waals surface area contributed by atoms with Crippen molar-refractivity contribution in [2.24, 2.45) is 5.41 Å². The number of rotatable bonds is 6. The Morgan fingerprint density at radius 1 is 1.24 bits per heavy atom. The summed E-state index contributed by atoms with van der Waals surface area (Å²) in [6.45, 7) is 11.4. The zero-order valence-corrected chi connectivity index (χ0v) is 14.4. The molecule has 2 heteroatoms. The summed E-state index contributed by atoms with van der Waals surface area (Å²) in [5.41, 5.74) is 2.55. The van der Waals surface area contributed by atoms with Crippen molar-refractivity contribution in [3.05, 3.63) is 47.5 Å². The Balaban J connectivity index is 2.55. The molecule has 0 atom stereocenters. The van der Waals surface area contributed by atoms with Crippen LogP contribution in [-0.2, 0) is 12.4 Å². The third kappa shape index (κ3) is 7.95. The third-order valence-corrected chi connectivity index (χ3v) is 3.32. The van der Waals surface area contributed by atoms with Crippen LogP contribution in [0.5, 0.6) is 0 Å². The second-order valence-electron chi connectivity index (χ2n) is 6.20. The normalized spacial score (nSPS) is 11.7. The summed E-state index contributed by atoms with van der Waals surface area (Å²) in [5.74, 6) is 6.89. The van der Waals surface area contributed by atoms with Crippen LogP contribution >= 0.6 is 11.6 Å². The van der Waals surface area contributed by atoms with Gasteiger partial charge in [0.05, 0.1) is 0 Å². The van der Waals surface area contributed by atoms with Crippen molar-refractivity contribution in [1.82, 2.24) is 4.90 Å². The molecule has 1 aromatic rings. The quantitative estimate of drug-likeness (QED) is 0.536. The Morgan fingerprint density at radius 3 is 2.57 bits per heavy atom. The van der Waals surface area contributed by atoms with Gasteiger partial charge in [-0.05, 0) is 44.5 Å². The number of hydrogen-bond acceptors (Lipinski definition) is 1. The molecule has 0 saturated carbocycles. The van der Waals surface area contributed by atoms with Gasteiger partial charge in [-0.3, -0.25) is 4.90 Å². The molecule has 0 aliphatic heterocycles. The maximum Gasteiger partial charge on any atom is 0.0474 e. The van der Waals surface area contributed by atoms with Gasteiger partial charge in [0.2, 0.25) is 0 Å². The highest BCUT2D eigenvalue weighted by Crippen LogP contribution is 2.11. The van der Waals surface area contributed by atoms with Gasteiger partial charge in [-0.15, -0.1) is 11.6 Å².